The van der Waals surface area contributed by atoms with Crippen molar-refractivity contribution in [3.63, 3.8) is 0 Å². The molecule has 0 aliphatic heterocycles. The van der Waals surface area contributed by atoms with E-state index in [2.05, 4.69) is 5.32 Å². The van der Waals surface area contributed by atoms with Crippen molar-refractivity contribution in [2.45, 2.75) is 19.6 Å². The maximum Gasteiger partial charge on any atom is 0.339 e. The van der Waals surface area contributed by atoms with E-state index in [-0.39, 0.29) is 5.56 Å². The summed E-state index contributed by atoms with van der Waals surface area (Å²) in [4.78, 5) is 23.9. The van der Waals surface area contributed by atoms with Crippen LogP contribution < -0.4 is 14.8 Å². The molecule has 1 amide bonds. The van der Waals surface area contributed by atoms with Gasteiger partial charge in [0.2, 0.25) is 0 Å². The van der Waals surface area contributed by atoms with E-state index < -0.39 is 18.0 Å². The standard InChI is InChI=1S/C17H18N2O5/c1-12(24-17(21)14-7-9-19(22)10-8-14)16(20)18-11-13-3-5-15(23-2)6-4-13/h3-10,12H,11H2,1-2H3,(H,18,20)/t12-/m0/s1. The lowest BCUT2D eigenvalue weighted by Crippen LogP contribution is -2.35. The van der Waals surface area contributed by atoms with Gasteiger partial charge in [0.05, 0.1) is 12.7 Å². The molecule has 2 rings (SSSR count). The number of hydrogen-bond acceptors (Lipinski definition) is 5. The van der Waals surface area contributed by atoms with Gasteiger partial charge in [0.1, 0.15) is 5.75 Å². The van der Waals surface area contributed by atoms with Gasteiger partial charge in [-0.2, -0.15) is 4.73 Å². The summed E-state index contributed by atoms with van der Waals surface area (Å²) >= 11 is 0. The molecule has 126 valence electrons. The number of nitrogens with one attached hydrogen (secondary N) is 1. The predicted molar refractivity (Wildman–Crippen MR) is 85.1 cm³/mol. The van der Waals surface area contributed by atoms with E-state index in [1.165, 1.54) is 31.5 Å². The summed E-state index contributed by atoms with van der Waals surface area (Å²) < 4.78 is 10.7. The lowest BCUT2D eigenvalue weighted by molar-refractivity contribution is -0.605. The fraction of sp³-hybridized carbons (Fsp3) is 0.235. The SMILES string of the molecule is COc1ccc(CNC(=O)[C@H](C)OC(=O)c2cc[n+]([O-])cc2)cc1. The van der Waals surface area contributed by atoms with Crippen molar-refractivity contribution < 1.29 is 23.8 Å². The van der Waals surface area contributed by atoms with Gasteiger partial charge in [-0.1, -0.05) is 12.1 Å². The van der Waals surface area contributed by atoms with E-state index in [4.69, 9.17) is 9.47 Å². The second-order valence-corrected chi connectivity index (χ2v) is 5.06. The summed E-state index contributed by atoms with van der Waals surface area (Å²) in [6, 6.07) is 9.91. The number of hydrogen-bond donors (Lipinski definition) is 1. The molecule has 1 atom stereocenters. The van der Waals surface area contributed by atoms with Gasteiger partial charge < -0.3 is 20.0 Å². The third-order valence-electron chi connectivity index (χ3n) is 3.32. The molecule has 0 aliphatic carbocycles. The number of aromatic nitrogens is 1. The van der Waals surface area contributed by atoms with Crippen molar-refractivity contribution >= 4 is 11.9 Å². The minimum Gasteiger partial charge on any atom is -0.619 e. The van der Waals surface area contributed by atoms with E-state index in [0.717, 1.165) is 11.3 Å². The molecule has 1 aromatic heterocycles. The average molecular weight is 330 g/mol. The van der Waals surface area contributed by atoms with E-state index >= 15 is 0 Å². The van der Waals surface area contributed by atoms with Crippen LogP contribution >= 0.6 is 0 Å². The van der Waals surface area contributed by atoms with Crippen molar-refractivity contribution in [1.82, 2.24) is 5.32 Å². The third kappa shape index (κ3) is 4.70. The summed E-state index contributed by atoms with van der Waals surface area (Å²) in [6.45, 7) is 1.80. The van der Waals surface area contributed by atoms with Gasteiger partial charge in [0, 0.05) is 18.7 Å². The summed E-state index contributed by atoms with van der Waals surface area (Å²) in [6.07, 6.45) is 1.42. The molecule has 0 aliphatic rings. The molecule has 0 saturated carbocycles. The number of ether oxygens (including phenoxy) is 2. The number of amides is 1. The Morgan fingerprint density at radius 3 is 2.38 bits per heavy atom. The normalized spacial score (nSPS) is 11.4. The number of pyridine rings is 1. The first-order valence-corrected chi connectivity index (χ1v) is 7.30. The Morgan fingerprint density at radius 1 is 1.17 bits per heavy atom. The van der Waals surface area contributed by atoms with Crippen LogP contribution in [-0.2, 0) is 16.1 Å². The Labute approximate surface area is 139 Å². The van der Waals surface area contributed by atoms with E-state index in [9.17, 15) is 14.8 Å². The number of carbonyl (C=O) groups excluding carboxylic acids is 2. The first kappa shape index (κ1) is 17.3. The van der Waals surface area contributed by atoms with E-state index in [1.54, 1.807) is 19.2 Å². The lowest BCUT2D eigenvalue weighted by atomic mass is 10.2. The molecule has 0 radical (unpaired) electrons. The first-order valence-electron chi connectivity index (χ1n) is 7.30. The smallest absolute Gasteiger partial charge is 0.339 e. The zero-order valence-corrected chi connectivity index (χ0v) is 13.4. The van der Waals surface area contributed by atoms with Crippen LogP contribution in [0.4, 0.5) is 0 Å². The van der Waals surface area contributed by atoms with E-state index in [0.29, 0.717) is 11.3 Å². The maximum atomic E-state index is 12.0. The lowest BCUT2D eigenvalue weighted by Gasteiger charge is -2.13. The third-order valence-corrected chi connectivity index (χ3v) is 3.32. The van der Waals surface area contributed by atoms with Gasteiger partial charge in [-0.25, -0.2) is 4.79 Å². The largest absolute Gasteiger partial charge is 0.619 e. The zero-order valence-electron chi connectivity index (χ0n) is 13.4. The number of methoxy groups -OCH3 is 1. The molecule has 1 N–H and O–H groups in total. The first-order chi connectivity index (χ1) is 11.5. The molecule has 0 bridgehead atoms. The Bertz CT molecular complexity index is 698. The molecule has 2 aromatic rings. The van der Waals surface area contributed by atoms with Crippen LogP contribution in [0.15, 0.2) is 48.8 Å². The van der Waals surface area contributed by atoms with Crippen molar-refractivity contribution in [2.24, 2.45) is 0 Å². The Kier molecular flexibility index (Phi) is 5.73. The molecule has 0 spiro atoms. The van der Waals surface area contributed by atoms with Crippen molar-refractivity contribution in [3.05, 3.63) is 65.1 Å². The fourth-order valence-electron chi connectivity index (χ4n) is 1.91. The van der Waals surface area contributed by atoms with Gasteiger partial charge in [0.25, 0.3) is 5.91 Å². The maximum absolute atomic E-state index is 12.0. The monoisotopic (exact) mass is 330 g/mol. The summed E-state index contributed by atoms with van der Waals surface area (Å²) in [7, 11) is 1.58. The number of esters is 1. The zero-order chi connectivity index (χ0) is 17.5. The van der Waals surface area contributed by atoms with Crippen LogP contribution in [0.3, 0.4) is 0 Å². The van der Waals surface area contributed by atoms with Crippen LogP contribution in [0.2, 0.25) is 0 Å². The molecule has 24 heavy (non-hydrogen) atoms. The second-order valence-electron chi connectivity index (χ2n) is 5.06. The van der Waals surface area contributed by atoms with Crippen LogP contribution in [-0.4, -0.2) is 25.1 Å². The molecule has 7 heteroatoms. The Morgan fingerprint density at radius 2 is 1.79 bits per heavy atom. The highest BCUT2D eigenvalue weighted by molar-refractivity contribution is 5.91. The predicted octanol–water partition coefficient (Wildman–Crippen LogP) is 1.19. The molecular weight excluding hydrogens is 312 g/mol. The molecule has 0 fully saturated rings. The van der Waals surface area contributed by atoms with Crippen molar-refractivity contribution in [3.8, 4) is 5.75 Å². The second kappa shape index (κ2) is 7.96. The van der Waals surface area contributed by atoms with Gasteiger partial charge in [-0.3, -0.25) is 4.79 Å². The molecular formula is C17H18N2O5. The van der Waals surface area contributed by atoms with Gasteiger partial charge in [0.15, 0.2) is 18.5 Å². The quantitative estimate of drug-likeness (QED) is 0.488. The number of carbonyl (C=O) groups is 2. The summed E-state index contributed by atoms with van der Waals surface area (Å²) in [5.41, 5.74) is 1.10. The highest BCUT2D eigenvalue weighted by Gasteiger charge is 2.19. The van der Waals surface area contributed by atoms with Gasteiger partial charge in [-0.15, -0.1) is 0 Å². The highest BCUT2D eigenvalue weighted by Crippen LogP contribution is 2.11. The van der Waals surface area contributed by atoms with Gasteiger partial charge in [-0.05, 0) is 24.6 Å². The topological polar surface area (TPSA) is 91.6 Å². The average Bonchev–Trinajstić information content (AvgIpc) is 2.60. The fourth-order valence-corrected chi connectivity index (χ4v) is 1.91. The molecule has 1 heterocycles. The molecule has 0 unspecified atom stereocenters. The Hall–Kier alpha value is -3.09. The van der Waals surface area contributed by atoms with Gasteiger partial charge >= 0.3 is 5.97 Å². The van der Waals surface area contributed by atoms with E-state index in [1.807, 2.05) is 12.1 Å². The molecule has 0 saturated heterocycles. The minimum absolute atomic E-state index is 0.205. The number of nitrogens with zero attached hydrogens (tertiary/aromatic N) is 1. The number of rotatable bonds is 6. The molecule has 1 aromatic carbocycles. The number of benzene rings is 1. The minimum atomic E-state index is -0.949. The molecule has 7 nitrogen and oxygen atoms in total. The summed E-state index contributed by atoms with van der Waals surface area (Å²) in [5.74, 6) is -0.341. The summed E-state index contributed by atoms with van der Waals surface area (Å²) in [5, 5.41) is 13.6. The Balaban J connectivity index is 1.84. The van der Waals surface area contributed by atoms with Crippen LogP contribution in [0.1, 0.15) is 22.8 Å². The van der Waals surface area contributed by atoms with Crippen LogP contribution in [0, 0.1) is 5.21 Å². The van der Waals surface area contributed by atoms with Crippen molar-refractivity contribution in [1.29, 1.82) is 0 Å². The van der Waals surface area contributed by atoms with Crippen LogP contribution in [0.5, 0.6) is 5.75 Å². The van der Waals surface area contributed by atoms with Crippen molar-refractivity contribution in [2.75, 3.05) is 7.11 Å². The van der Waals surface area contributed by atoms with Crippen LogP contribution in [0.25, 0.3) is 0 Å². The highest BCUT2D eigenvalue weighted by atomic mass is 16.5.